The van der Waals surface area contributed by atoms with E-state index in [9.17, 15) is 9.59 Å². The molecule has 0 radical (unpaired) electrons. The van der Waals surface area contributed by atoms with E-state index in [1.807, 2.05) is 13.8 Å². The number of aromatic nitrogens is 2. The molecule has 1 heterocycles. The van der Waals surface area contributed by atoms with Gasteiger partial charge in [-0.25, -0.2) is 9.36 Å². The van der Waals surface area contributed by atoms with Gasteiger partial charge >= 0.3 is 0 Å². The van der Waals surface area contributed by atoms with Gasteiger partial charge in [0.15, 0.2) is 0 Å². The van der Waals surface area contributed by atoms with Crippen LogP contribution in [0.4, 0.5) is 5.82 Å². The number of anilines is 1. The van der Waals surface area contributed by atoms with E-state index < -0.39 is 0 Å². The van der Waals surface area contributed by atoms with Crippen molar-refractivity contribution in [2.75, 3.05) is 5.73 Å². The first-order valence-corrected chi connectivity index (χ1v) is 6.62. The van der Waals surface area contributed by atoms with Gasteiger partial charge in [0.2, 0.25) is 5.91 Å². The second-order valence-electron chi connectivity index (χ2n) is 4.81. The summed E-state index contributed by atoms with van der Waals surface area (Å²) < 4.78 is 2.54. The molecular formula is C14H16ClN3O2. The third kappa shape index (κ3) is 2.14. The van der Waals surface area contributed by atoms with Crippen molar-refractivity contribution < 1.29 is 4.79 Å². The smallest absolute Gasteiger partial charge is 0.277 e. The number of carbonyl (C=O) groups excluding carboxylic acids is 1. The number of rotatable bonds is 2. The average molecular weight is 294 g/mol. The number of nitrogens with two attached hydrogens (primary N) is 1. The Labute approximate surface area is 121 Å². The Bertz CT molecular complexity index is 729. The molecule has 6 heteroatoms. The highest BCUT2D eigenvalue weighted by Crippen LogP contribution is 2.30. The van der Waals surface area contributed by atoms with Crippen molar-refractivity contribution in [2.45, 2.75) is 26.8 Å². The summed E-state index contributed by atoms with van der Waals surface area (Å²) in [6, 6.07) is 6.74. The van der Waals surface area contributed by atoms with Crippen LogP contribution in [0, 0.1) is 0 Å². The minimum atomic E-state index is -0.319. The largest absolute Gasteiger partial charge is 0.383 e. The number of hydrogen-bond donors (Lipinski definition) is 1. The fourth-order valence-corrected chi connectivity index (χ4v) is 2.47. The van der Waals surface area contributed by atoms with Crippen LogP contribution in [0.3, 0.4) is 0 Å². The molecule has 2 rings (SSSR count). The van der Waals surface area contributed by atoms with Gasteiger partial charge in [-0.05, 0) is 19.9 Å². The molecule has 0 amide bonds. The van der Waals surface area contributed by atoms with Gasteiger partial charge in [-0.1, -0.05) is 29.8 Å². The van der Waals surface area contributed by atoms with Gasteiger partial charge in [0.1, 0.15) is 5.82 Å². The predicted molar refractivity (Wildman–Crippen MR) is 80.2 cm³/mol. The van der Waals surface area contributed by atoms with Gasteiger partial charge < -0.3 is 5.73 Å². The summed E-state index contributed by atoms with van der Waals surface area (Å²) in [6.07, 6.45) is 0. The summed E-state index contributed by atoms with van der Waals surface area (Å²) in [5.74, 6) is -0.198. The highest BCUT2D eigenvalue weighted by atomic mass is 35.5. The van der Waals surface area contributed by atoms with Crippen molar-refractivity contribution in [3.8, 4) is 11.1 Å². The van der Waals surface area contributed by atoms with Crippen molar-refractivity contribution in [1.82, 2.24) is 9.36 Å². The molecule has 0 spiro atoms. The van der Waals surface area contributed by atoms with Crippen LogP contribution >= 0.6 is 11.6 Å². The van der Waals surface area contributed by atoms with E-state index in [1.165, 1.54) is 16.3 Å². The Balaban J connectivity index is 2.87. The van der Waals surface area contributed by atoms with E-state index in [1.54, 1.807) is 24.3 Å². The van der Waals surface area contributed by atoms with Crippen LogP contribution in [-0.2, 0) is 0 Å². The summed E-state index contributed by atoms with van der Waals surface area (Å²) in [7, 11) is 0. The summed E-state index contributed by atoms with van der Waals surface area (Å²) in [5, 5.41) is 0.424. The van der Waals surface area contributed by atoms with E-state index >= 15 is 0 Å². The maximum absolute atomic E-state index is 12.6. The van der Waals surface area contributed by atoms with Gasteiger partial charge in [-0.15, -0.1) is 0 Å². The molecule has 0 saturated heterocycles. The van der Waals surface area contributed by atoms with Crippen LogP contribution in [0.1, 0.15) is 31.6 Å². The number of halogens is 1. The number of benzene rings is 1. The first kappa shape index (κ1) is 14.4. The van der Waals surface area contributed by atoms with Crippen LogP contribution < -0.4 is 11.3 Å². The normalized spacial score (nSPS) is 11.1. The zero-order chi connectivity index (χ0) is 15.0. The molecule has 0 aliphatic carbocycles. The molecule has 0 unspecified atom stereocenters. The number of hydrogen-bond acceptors (Lipinski definition) is 3. The monoisotopic (exact) mass is 293 g/mol. The SMILES string of the molecule is CC(=O)n1c(N)c(-c2ccccc2Cl)c(=O)n1C(C)C. The Hall–Kier alpha value is -2.01. The van der Waals surface area contributed by atoms with Crippen molar-refractivity contribution >= 4 is 23.3 Å². The molecule has 0 aliphatic heterocycles. The molecule has 5 nitrogen and oxygen atoms in total. The van der Waals surface area contributed by atoms with Gasteiger partial charge in [0.25, 0.3) is 5.56 Å². The fourth-order valence-electron chi connectivity index (χ4n) is 2.24. The van der Waals surface area contributed by atoms with Crippen LogP contribution in [0.15, 0.2) is 29.1 Å². The molecule has 0 saturated carbocycles. The van der Waals surface area contributed by atoms with E-state index in [0.717, 1.165) is 0 Å². The standard InChI is InChI=1S/C14H16ClN3O2/c1-8(2)17-14(20)12(13(16)18(17)9(3)19)10-6-4-5-7-11(10)15/h4-8H,16H2,1-3H3. The lowest BCUT2D eigenvalue weighted by atomic mass is 10.1. The number of nitrogens with zero attached hydrogens (tertiary/aromatic N) is 2. The average Bonchev–Trinajstić information content (AvgIpc) is 2.62. The molecule has 0 atom stereocenters. The highest BCUT2D eigenvalue weighted by Gasteiger charge is 2.24. The summed E-state index contributed by atoms with van der Waals surface area (Å²) in [4.78, 5) is 24.3. The van der Waals surface area contributed by atoms with Gasteiger partial charge in [0.05, 0.1) is 5.56 Å². The summed E-state index contributed by atoms with van der Waals surface area (Å²) in [6.45, 7) is 5.00. The topological polar surface area (TPSA) is 70.0 Å². The fraction of sp³-hybridized carbons (Fsp3) is 0.286. The zero-order valence-electron chi connectivity index (χ0n) is 11.6. The lowest BCUT2D eigenvalue weighted by Crippen LogP contribution is -2.28. The van der Waals surface area contributed by atoms with Gasteiger partial charge in [-0.2, -0.15) is 0 Å². The molecule has 1 aromatic heterocycles. The maximum atomic E-state index is 12.6. The molecule has 0 bridgehead atoms. The molecule has 106 valence electrons. The lowest BCUT2D eigenvalue weighted by molar-refractivity contribution is 0.0899. The van der Waals surface area contributed by atoms with E-state index in [0.29, 0.717) is 10.6 Å². The Morgan fingerprint density at radius 1 is 1.30 bits per heavy atom. The first-order valence-electron chi connectivity index (χ1n) is 6.25. The molecule has 1 aromatic carbocycles. The van der Waals surface area contributed by atoms with Crippen LogP contribution in [-0.4, -0.2) is 15.3 Å². The lowest BCUT2D eigenvalue weighted by Gasteiger charge is -2.12. The van der Waals surface area contributed by atoms with Crippen LogP contribution in [0.25, 0.3) is 11.1 Å². The molecule has 20 heavy (non-hydrogen) atoms. The predicted octanol–water partition coefficient (Wildman–Crippen LogP) is 2.79. The molecule has 2 aromatic rings. The molecule has 2 N–H and O–H groups in total. The Kier molecular flexibility index (Phi) is 3.72. The van der Waals surface area contributed by atoms with Crippen LogP contribution in [0.5, 0.6) is 0 Å². The third-order valence-electron chi connectivity index (χ3n) is 3.05. The van der Waals surface area contributed by atoms with E-state index in [-0.39, 0.29) is 28.9 Å². The summed E-state index contributed by atoms with van der Waals surface area (Å²) in [5.41, 5.74) is 6.49. The summed E-state index contributed by atoms with van der Waals surface area (Å²) >= 11 is 6.13. The van der Waals surface area contributed by atoms with Gasteiger partial charge in [0, 0.05) is 23.6 Å². The second kappa shape index (κ2) is 5.17. The first-order chi connectivity index (χ1) is 9.36. The molecule has 0 fully saturated rings. The second-order valence-corrected chi connectivity index (χ2v) is 5.22. The van der Waals surface area contributed by atoms with Crippen molar-refractivity contribution in [2.24, 2.45) is 0 Å². The Morgan fingerprint density at radius 2 is 1.90 bits per heavy atom. The van der Waals surface area contributed by atoms with E-state index in [2.05, 4.69) is 0 Å². The third-order valence-corrected chi connectivity index (χ3v) is 3.38. The quantitative estimate of drug-likeness (QED) is 0.925. The molecule has 0 aliphatic rings. The van der Waals surface area contributed by atoms with Crippen molar-refractivity contribution in [3.05, 3.63) is 39.6 Å². The minimum Gasteiger partial charge on any atom is -0.383 e. The van der Waals surface area contributed by atoms with Crippen molar-refractivity contribution in [3.63, 3.8) is 0 Å². The number of nitrogen functional groups attached to an aromatic ring is 1. The zero-order valence-corrected chi connectivity index (χ0v) is 12.3. The Morgan fingerprint density at radius 3 is 2.35 bits per heavy atom. The van der Waals surface area contributed by atoms with Gasteiger partial charge in [-0.3, -0.25) is 9.59 Å². The highest BCUT2D eigenvalue weighted by molar-refractivity contribution is 6.33. The van der Waals surface area contributed by atoms with E-state index in [4.69, 9.17) is 17.3 Å². The van der Waals surface area contributed by atoms with Crippen molar-refractivity contribution in [1.29, 1.82) is 0 Å². The maximum Gasteiger partial charge on any atom is 0.277 e. The molecular weight excluding hydrogens is 278 g/mol. The number of carbonyl (C=O) groups is 1. The van der Waals surface area contributed by atoms with Crippen LogP contribution in [0.2, 0.25) is 5.02 Å². The minimum absolute atomic E-state index is 0.115.